The number of hydrazine groups is 1. The molecule has 2 amide bonds. The van der Waals surface area contributed by atoms with Crippen molar-refractivity contribution in [3.8, 4) is 23.0 Å². The van der Waals surface area contributed by atoms with Gasteiger partial charge in [-0.2, -0.15) is 0 Å². The molecule has 0 saturated heterocycles. The lowest BCUT2D eigenvalue weighted by molar-refractivity contribution is 0.0844. The van der Waals surface area contributed by atoms with Crippen molar-refractivity contribution in [2.45, 2.75) is 0 Å². The number of hydrogen-bond donors (Lipinski definition) is 3. The molecule has 3 rings (SSSR count). The van der Waals surface area contributed by atoms with Gasteiger partial charge in [0.1, 0.15) is 23.0 Å². The summed E-state index contributed by atoms with van der Waals surface area (Å²) in [6.45, 7) is 0. The van der Waals surface area contributed by atoms with E-state index in [0.29, 0.717) is 11.5 Å². The molecule has 0 atom stereocenters. The minimum Gasteiger partial charge on any atom is -0.508 e. The molecule has 2 aromatic carbocycles. The number of ether oxygens (including phenoxy) is 2. The van der Waals surface area contributed by atoms with Gasteiger partial charge in [-0.3, -0.25) is 25.4 Å². The van der Waals surface area contributed by atoms with Gasteiger partial charge < -0.3 is 14.6 Å². The number of pyridine rings is 1. The molecule has 8 heteroatoms. The van der Waals surface area contributed by atoms with Crippen molar-refractivity contribution in [2.75, 3.05) is 7.11 Å². The molecule has 0 aliphatic heterocycles. The molecule has 1 heterocycles. The smallest absolute Gasteiger partial charge is 0.273 e. The Morgan fingerprint density at radius 3 is 2.43 bits per heavy atom. The fourth-order valence-electron chi connectivity index (χ4n) is 2.37. The molecule has 0 bridgehead atoms. The Bertz CT molecular complexity index is 992. The van der Waals surface area contributed by atoms with Crippen molar-refractivity contribution in [1.29, 1.82) is 0 Å². The summed E-state index contributed by atoms with van der Waals surface area (Å²) in [5, 5.41) is 9.55. The van der Waals surface area contributed by atoms with Crippen molar-refractivity contribution >= 4 is 11.8 Å². The molecule has 3 N–H and O–H groups in total. The van der Waals surface area contributed by atoms with E-state index < -0.39 is 11.8 Å². The quantitative estimate of drug-likeness (QED) is 0.588. The SMILES string of the molecule is COc1ccc(O)cc1C(=O)NNC(=O)c1cccc(Oc2ccncc2)c1. The number of nitrogens with zero attached hydrogens (tertiary/aromatic N) is 1. The first-order valence-corrected chi connectivity index (χ1v) is 8.22. The third-order valence-electron chi connectivity index (χ3n) is 3.70. The van der Waals surface area contributed by atoms with Gasteiger partial charge in [-0.25, -0.2) is 0 Å². The summed E-state index contributed by atoms with van der Waals surface area (Å²) in [6, 6.07) is 13.9. The van der Waals surface area contributed by atoms with Crippen LogP contribution in [-0.2, 0) is 0 Å². The minimum absolute atomic E-state index is 0.0811. The standard InChI is InChI=1S/C20H17N3O5/c1-27-18-6-5-14(24)12-17(18)20(26)23-22-19(25)13-3-2-4-16(11-13)28-15-7-9-21-10-8-15/h2-12,24H,1H3,(H,22,25)(H,23,26). The number of methoxy groups -OCH3 is 1. The van der Waals surface area contributed by atoms with Crippen LogP contribution in [0.2, 0.25) is 0 Å². The maximum atomic E-state index is 12.3. The van der Waals surface area contributed by atoms with Crippen LogP contribution in [0.3, 0.4) is 0 Å². The summed E-state index contributed by atoms with van der Waals surface area (Å²) in [5.41, 5.74) is 4.98. The number of nitrogens with one attached hydrogen (secondary N) is 2. The molecule has 142 valence electrons. The van der Waals surface area contributed by atoms with Crippen molar-refractivity contribution in [3.63, 3.8) is 0 Å². The second kappa shape index (κ2) is 8.54. The average molecular weight is 379 g/mol. The van der Waals surface area contributed by atoms with Crippen molar-refractivity contribution < 1.29 is 24.2 Å². The topological polar surface area (TPSA) is 110 Å². The fraction of sp³-hybridized carbons (Fsp3) is 0.0500. The van der Waals surface area contributed by atoms with Crippen LogP contribution in [0, 0.1) is 0 Å². The van der Waals surface area contributed by atoms with Crippen molar-refractivity contribution in [2.24, 2.45) is 0 Å². The predicted molar refractivity (Wildman–Crippen MR) is 100 cm³/mol. The highest BCUT2D eigenvalue weighted by Crippen LogP contribution is 2.23. The number of carbonyl (C=O) groups is 2. The fourth-order valence-corrected chi connectivity index (χ4v) is 2.37. The Labute approximate surface area is 160 Å². The molecule has 0 unspecified atom stereocenters. The molecule has 8 nitrogen and oxygen atoms in total. The zero-order chi connectivity index (χ0) is 19.9. The molecule has 0 aliphatic rings. The van der Waals surface area contributed by atoms with E-state index in [9.17, 15) is 14.7 Å². The number of hydrogen-bond acceptors (Lipinski definition) is 6. The number of rotatable bonds is 5. The van der Waals surface area contributed by atoms with Crippen LogP contribution in [0.15, 0.2) is 67.0 Å². The van der Waals surface area contributed by atoms with Crippen LogP contribution in [0.5, 0.6) is 23.0 Å². The Kier molecular flexibility index (Phi) is 5.71. The van der Waals surface area contributed by atoms with Crippen LogP contribution in [0.25, 0.3) is 0 Å². The van der Waals surface area contributed by atoms with Crippen LogP contribution in [0.4, 0.5) is 0 Å². The number of benzene rings is 2. The van der Waals surface area contributed by atoms with E-state index in [1.54, 1.807) is 42.7 Å². The summed E-state index contributed by atoms with van der Waals surface area (Å²) < 4.78 is 10.7. The maximum Gasteiger partial charge on any atom is 0.273 e. The highest BCUT2D eigenvalue weighted by molar-refractivity contribution is 6.00. The summed E-state index contributed by atoms with van der Waals surface area (Å²) >= 11 is 0. The monoisotopic (exact) mass is 379 g/mol. The van der Waals surface area contributed by atoms with E-state index in [-0.39, 0.29) is 22.6 Å². The molecule has 0 aliphatic carbocycles. The number of phenols is 1. The molecule has 0 radical (unpaired) electrons. The lowest BCUT2D eigenvalue weighted by atomic mass is 10.2. The Balaban J connectivity index is 1.66. The van der Waals surface area contributed by atoms with Gasteiger partial charge in [-0.05, 0) is 48.5 Å². The van der Waals surface area contributed by atoms with Gasteiger partial charge in [0.2, 0.25) is 0 Å². The van der Waals surface area contributed by atoms with E-state index in [1.807, 2.05) is 0 Å². The number of amides is 2. The van der Waals surface area contributed by atoms with Gasteiger partial charge in [-0.15, -0.1) is 0 Å². The second-order valence-corrected chi connectivity index (χ2v) is 5.61. The summed E-state index contributed by atoms with van der Waals surface area (Å²) in [7, 11) is 1.40. The Morgan fingerprint density at radius 1 is 0.929 bits per heavy atom. The first-order valence-electron chi connectivity index (χ1n) is 8.22. The number of carbonyl (C=O) groups excluding carboxylic acids is 2. The zero-order valence-corrected chi connectivity index (χ0v) is 14.9. The predicted octanol–water partition coefficient (Wildman–Crippen LogP) is 2.66. The average Bonchev–Trinajstić information content (AvgIpc) is 2.72. The van der Waals surface area contributed by atoms with Crippen LogP contribution in [-0.4, -0.2) is 29.0 Å². The van der Waals surface area contributed by atoms with Crippen LogP contribution >= 0.6 is 0 Å². The second-order valence-electron chi connectivity index (χ2n) is 5.61. The third kappa shape index (κ3) is 4.55. The number of aromatic nitrogens is 1. The van der Waals surface area contributed by atoms with E-state index in [1.165, 1.54) is 31.4 Å². The van der Waals surface area contributed by atoms with E-state index in [0.717, 1.165) is 0 Å². The van der Waals surface area contributed by atoms with Gasteiger partial charge in [0.25, 0.3) is 11.8 Å². The molecule has 0 fully saturated rings. The molecule has 0 saturated carbocycles. The number of aromatic hydroxyl groups is 1. The van der Waals surface area contributed by atoms with E-state index in [2.05, 4.69) is 15.8 Å². The Morgan fingerprint density at radius 2 is 1.68 bits per heavy atom. The first-order chi connectivity index (χ1) is 13.6. The Hall–Kier alpha value is -4.07. The maximum absolute atomic E-state index is 12.3. The van der Waals surface area contributed by atoms with Gasteiger partial charge in [0, 0.05) is 18.0 Å². The molecular weight excluding hydrogens is 362 g/mol. The summed E-state index contributed by atoms with van der Waals surface area (Å²) in [6.07, 6.45) is 3.19. The van der Waals surface area contributed by atoms with E-state index in [4.69, 9.17) is 9.47 Å². The zero-order valence-electron chi connectivity index (χ0n) is 14.9. The lowest BCUT2D eigenvalue weighted by Gasteiger charge is -2.11. The largest absolute Gasteiger partial charge is 0.508 e. The minimum atomic E-state index is -0.634. The molecule has 0 spiro atoms. The highest BCUT2D eigenvalue weighted by atomic mass is 16.5. The van der Waals surface area contributed by atoms with Crippen molar-refractivity contribution in [1.82, 2.24) is 15.8 Å². The molecular formula is C20H17N3O5. The summed E-state index contributed by atoms with van der Waals surface area (Å²) in [5.74, 6) is 0.0325. The van der Waals surface area contributed by atoms with Gasteiger partial charge in [-0.1, -0.05) is 6.07 Å². The van der Waals surface area contributed by atoms with Crippen molar-refractivity contribution in [3.05, 3.63) is 78.1 Å². The normalized spacial score (nSPS) is 10.0. The molecule has 28 heavy (non-hydrogen) atoms. The van der Waals surface area contributed by atoms with Crippen LogP contribution < -0.4 is 20.3 Å². The third-order valence-corrected chi connectivity index (χ3v) is 3.70. The van der Waals surface area contributed by atoms with Gasteiger partial charge in [0.05, 0.1) is 12.7 Å². The highest BCUT2D eigenvalue weighted by Gasteiger charge is 2.15. The number of phenolic OH excluding ortho intramolecular Hbond substituents is 1. The summed E-state index contributed by atoms with van der Waals surface area (Å²) in [4.78, 5) is 28.5. The molecule has 1 aromatic heterocycles. The first kappa shape index (κ1) is 18.7. The van der Waals surface area contributed by atoms with Gasteiger partial charge in [0.15, 0.2) is 0 Å². The van der Waals surface area contributed by atoms with E-state index >= 15 is 0 Å². The van der Waals surface area contributed by atoms with Crippen LogP contribution in [0.1, 0.15) is 20.7 Å². The van der Waals surface area contributed by atoms with Gasteiger partial charge >= 0.3 is 0 Å². The lowest BCUT2D eigenvalue weighted by Crippen LogP contribution is -2.41. The molecule has 3 aromatic rings.